The molecule has 1 saturated carbocycles. The van der Waals surface area contributed by atoms with Crippen molar-refractivity contribution < 1.29 is 28.2 Å². The standard InChI is InChI=1S/C24H25NO6/c1-14-19-12-18(29-3)10-11-20(19)31-23(14)24(27)30-13-21(26)25-22(15-4-5-15)16-6-8-17(28-2)9-7-16/h6-12,15,22H,4-5,13H2,1-3H3,(H,25,26). The van der Waals surface area contributed by atoms with E-state index in [2.05, 4.69) is 5.32 Å². The molecule has 1 heterocycles. The van der Waals surface area contributed by atoms with Crippen LogP contribution in [-0.4, -0.2) is 32.7 Å². The Morgan fingerprint density at radius 3 is 2.39 bits per heavy atom. The molecule has 1 atom stereocenters. The van der Waals surface area contributed by atoms with E-state index in [9.17, 15) is 9.59 Å². The molecular weight excluding hydrogens is 398 g/mol. The van der Waals surface area contributed by atoms with Crippen LogP contribution in [-0.2, 0) is 9.53 Å². The third-order valence-corrected chi connectivity index (χ3v) is 5.55. The molecule has 1 amide bonds. The van der Waals surface area contributed by atoms with Crippen LogP contribution in [0.5, 0.6) is 11.5 Å². The number of rotatable bonds is 8. The quantitative estimate of drug-likeness (QED) is 0.547. The SMILES string of the molecule is COc1ccc(C(NC(=O)COC(=O)c2oc3ccc(OC)cc3c2C)C2CC2)cc1. The van der Waals surface area contributed by atoms with Crippen molar-refractivity contribution in [3.05, 3.63) is 59.4 Å². The molecule has 1 unspecified atom stereocenters. The number of amides is 1. The molecule has 7 heteroatoms. The third kappa shape index (κ3) is 4.50. The first-order chi connectivity index (χ1) is 15.0. The number of carbonyl (C=O) groups is 2. The second-order valence-electron chi connectivity index (χ2n) is 7.65. The zero-order valence-electron chi connectivity index (χ0n) is 17.8. The summed E-state index contributed by atoms with van der Waals surface area (Å²) in [6, 6.07) is 12.8. The maximum Gasteiger partial charge on any atom is 0.375 e. The normalized spacial score (nSPS) is 14.2. The molecule has 1 N–H and O–H groups in total. The first kappa shape index (κ1) is 20.8. The van der Waals surface area contributed by atoms with Crippen LogP contribution in [0.15, 0.2) is 46.9 Å². The average Bonchev–Trinajstić information content (AvgIpc) is 3.59. The van der Waals surface area contributed by atoms with Crippen LogP contribution >= 0.6 is 0 Å². The van der Waals surface area contributed by atoms with Gasteiger partial charge in [-0.1, -0.05) is 12.1 Å². The lowest BCUT2D eigenvalue weighted by Gasteiger charge is -2.19. The monoisotopic (exact) mass is 423 g/mol. The molecule has 1 aliphatic carbocycles. The van der Waals surface area contributed by atoms with E-state index < -0.39 is 5.97 Å². The van der Waals surface area contributed by atoms with Gasteiger partial charge in [0, 0.05) is 10.9 Å². The summed E-state index contributed by atoms with van der Waals surface area (Å²) < 4.78 is 21.3. The number of ether oxygens (including phenoxy) is 3. The fourth-order valence-corrected chi connectivity index (χ4v) is 3.65. The van der Waals surface area contributed by atoms with E-state index in [0.717, 1.165) is 29.5 Å². The Balaban J connectivity index is 1.40. The molecule has 7 nitrogen and oxygen atoms in total. The Hall–Kier alpha value is -3.48. The van der Waals surface area contributed by atoms with Gasteiger partial charge in [0.25, 0.3) is 5.91 Å². The first-order valence-electron chi connectivity index (χ1n) is 10.2. The summed E-state index contributed by atoms with van der Waals surface area (Å²) in [6.45, 7) is 1.40. The van der Waals surface area contributed by atoms with E-state index in [-0.39, 0.29) is 24.3 Å². The molecule has 31 heavy (non-hydrogen) atoms. The van der Waals surface area contributed by atoms with Crippen LogP contribution in [0.2, 0.25) is 0 Å². The zero-order valence-corrected chi connectivity index (χ0v) is 17.8. The molecule has 4 rings (SSSR count). The van der Waals surface area contributed by atoms with E-state index in [4.69, 9.17) is 18.6 Å². The molecule has 0 bridgehead atoms. The van der Waals surface area contributed by atoms with Crippen molar-refractivity contribution in [2.75, 3.05) is 20.8 Å². The van der Waals surface area contributed by atoms with Gasteiger partial charge in [-0.05, 0) is 61.6 Å². The highest BCUT2D eigenvalue weighted by atomic mass is 16.5. The molecular formula is C24H25NO6. The summed E-state index contributed by atoms with van der Waals surface area (Å²) in [6.07, 6.45) is 2.11. The number of fused-ring (bicyclic) bond motifs is 1. The van der Waals surface area contributed by atoms with Crippen LogP contribution in [0.25, 0.3) is 11.0 Å². The highest BCUT2D eigenvalue weighted by Gasteiger charge is 2.33. The van der Waals surface area contributed by atoms with Gasteiger partial charge in [0.05, 0.1) is 20.3 Å². The zero-order chi connectivity index (χ0) is 22.0. The van der Waals surface area contributed by atoms with Crippen LogP contribution in [0.3, 0.4) is 0 Å². The molecule has 1 aromatic heterocycles. The Morgan fingerprint density at radius 1 is 1.06 bits per heavy atom. The summed E-state index contributed by atoms with van der Waals surface area (Å²) in [5.41, 5.74) is 2.21. The second kappa shape index (κ2) is 8.71. The lowest BCUT2D eigenvalue weighted by Crippen LogP contribution is -2.33. The van der Waals surface area contributed by atoms with Crippen molar-refractivity contribution in [3.63, 3.8) is 0 Å². The summed E-state index contributed by atoms with van der Waals surface area (Å²) >= 11 is 0. The van der Waals surface area contributed by atoms with Gasteiger partial charge in [-0.15, -0.1) is 0 Å². The minimum atomic E-state index is -0.671. The second-order valence-corrected chi connectivity index (χ2v) is 7.65. The van der Waals surface area contributed by atoms with Gasteiger partial charge in [-0.3, -0.25) is 4.79 Å². The number of furan rings is 1. The number of hydrogen-bond donors (Lipinski definition) is 1. The number of benzene rings is 2. The Morgan fingerprint density at radius 2 is 1.74 bits per heavy atom. The number of nitrogens with one attached hydrogen (secondary N) is 1. The van der Waals surface area contributed by atoms with Crippen LogP contribution < -0.4 is 14.8 Å². The van der Waals surface area contributed by atoms with Gasteiger partial charge in [-0.25, -0.2) is 4.79 Å². The van der Waals surface area contributed by atoms with E-state index in [1.165, 1.54) is 0 Å². The van der Waals surface area contributed by atoms with Gasteiger partial charge in [0.15, 0.2) is 6.61 Å². The Kier molecular flexibility index (Phi) is 5.84. The highest BCUT2D eigenvalue weighted by molar-refractivity contribution is 5.97. The fourth-order valence-electron chi connectivity index (χ4n) is 3.65. The maximum atomic E-state index is 12.5. The van der Waals surface area contributed by atoms with Crippen LogP contribution in [0.4, 0.5) is 0 Å². The predicted octanol–water partition coefficient (Wildman–Crippen LogP) is 4.18. The van der Waals surface area contributed by atoms with E-state index in [1.807, 2.05) is 24.3 Å². The highest BCUT2D eigenvalue weighted by Crippen LogP contribution is 2.41. The smallest absolute Gasteiger partial charge is 0.375 e. The maximum absolute atomic E-state index is 12.5. The first-order valence-corrected chi connectivity index (χ1v) is 10.2. The van der Waals surface area contributed by atoms with Gasteiger partial charge >= 0.3 is 5.97 Å². The third-order valence-electron chi connectivity index (χ3n) is 5.55. The van der Waals surface area contributed by atoms with Crippen molar-refractivity contribution in [2.24, 2.45) is 5.92 Å². The van der Waals surface area contributed by atoms with Crippen molar-refractivity contribution >= 4 is 22.8 Å². The van der Waals surface area contributed by atoms with E-state index in [1.54, 1.807) is 39.3 Å². The Labute approximate surface area is 180 Å². The van der Waals surface area contributed by atoms with Crippen molar-refractivity contribution in [3.8, 4) is 11.5 Å². The fraction of sp³-hybridized carbons (Fsp3) is 0.333. The minimum absolute atomic E-state index is 0.0879. The summed E-state index contributed by atoms with van der Waals surface area (Å²) in [5, 5.41) is 3.76. The molecule has 2 aromatic carbocycles. The van der Waals surface area contributed by atoms with Crippen LogP contribution in [0, 0.1) is 12.8 Å². The van der Waals surface area contributed by atoms with Gasteiger partial charge in [0.1, 0.15) is 17.1 Å². The summed E-state index contributed by atoms with van der Waals surface area (Å²) in [5.74, 6) is 0.884. The molecule has 3 aromatic rings. The van der Waals surface area contributed by atoms with Crippen molar-refractivity contribution in [1.82, 2.24) is 5.32 Å². The number of hydrogen-bond acceptors (Lipinski definition) is 6. The molecule has 1 fully saturated rings. The number of carbonyl (C=O) groups excluding carboxylic acids is 2. The molecule has 0 spiro atoms. The molecule has 162 valence electrons. The van der Waals surface area contributed by atoms with Gasteiger partial charge in [-0.2, -0.15) is 0 Å². The number of aryl methyl sites for hydroxylation is 1. The van der Waals surface area contributed by atoms with Crippen LogP contribution in [0.1, 0.15) is 40.6 Å². The lowest BCUT2D eigenvalue weighted by atomic mass is 10.0. The molecule has 1 aliphatic rings. The van der Waals surface area contributed by atoms with Crippen molar-refractivity contribution in [1.29, 1.82) is 0 Å². The number of esters is 1. The van der Waals surface area contributed by atoms with Gasteiger partial charge < -0.3 is 23.9 Å². The average molecular weight is 423 g/mol. The molecule has 0 radical (unpaired) electrons. The Bertz CT molecular complexity index is 1100. The largest absolute Gasteiger partial charge is 0.497 e. The predicted molar refractivity (Wildman–Crippen MR) is 114 cm³/mol. The lowest BCUT2D eigenvalue weighted by molar-refractivity contribution is -0.125. The van der Waals surface area contributed by atoms with E-state index >= 15 is 0 Å². The summed E-state index contributed by atoms with van der Waals surface area (Å²) in [7, 11) is 3.19. The summed E-state index contributed by atoms with van der Waals surface area (Å²) in [4.78, 5) is 25.0. The molecule has 0 aliphatic heterocycles. The number of methoxy groups -OCH3 is 2. The van der Waals surface area contributed by atoms with Gasteiger partial charge in [0.2, 0.25) is 5.76 Å². The topological polar surface area (TPSA) is 87.0 Å². The minimum Gasteiger partial charge on any atom is -0.497 e. The molecule has 0 saturated heterocycles. The van der Waals surface area contributed by atoms with Crippen molar-refractivity contribution in [2.45, 2.75) is 25.8 Å². The van der Waals surface area contributed by atoms with E-state index in [0.29, 0.717) is 22.8 Å².